The molecule has 0 radical (unpaired) electrons. The van der Waals surface area contributed by atoms with Crippen LogP contribution in [0, 0.1) is 40.4 Å². The Kier molecular flexibility index (Phi) is 9.29. The van der Waals surface area contributed by atoms with E-state index in [0.29, 0.717) is 36.2 Å². The number of rotatable bonds is 10. The molecule has 5 nitrogen and oxygen atoms in total. The Morgan fingerprint density at radius 3 is 2.40 bits per heavy atom. The Bertz CT molecular complexity index is 1010. The Hall–Kier alpha value is -1.88. The van der Waals surface area contributed by atoms with Crippen LogP contribution in [-0.2, 0) is 25.7 Å². The Morgan fingerprint density at radius 2 is 1.62 bits per heavy atom. The van der Waals surface area contributed by atoms with Gasteiger partial charge in [-0.3, -0.25) is 9.59 Å². The molecule has 4 aliphatic carbocycles. The quantitative estimate of drug-likeness (QED) is 0.283. The van der Waals surface area contributed by atoms with Crippen LogP contribution in [0.1, 0.15) is 103 Å². The fourth-order valence-electron chi connectivity index (χ4n) is 9.77. The maximum atomic E-state index is 12.4. The average molecular weight is 552 g/mol. The lowest BCUT2D eigenvalue weighted by Gasteiger charge is -2.61. The van der Waals surface area contributed by atoms with Gasteiger partial charge in [-0.25, -0.2) is 0 Å². The first-order valence-corrected chi connectivity index (χ1v) is 16.2. The second-order valence-corrected chi connectivity index (χ2v) is 14.5. The predicted molar refractivity (Wildman–Crippen MR) is 158 cm³/mol. The predicted octanol–water partition coefficient (Wildman–Crippen LogP) is 7.42. The Labute approximate surface area is 242 Å². The van der Waals surface area contributed by atoms with Gasteiger partial charge < -0.3 is 14.4 Å². The van der Waals surface area contributed by atoms with Crippen molar-refractivity contribution >= 4 is 11.9 Å². The molecule has 4 aliphatic rings. The van der Waals surface area contributed by atoms with Gasteiger partial charge in [0, 0.05) is 13.0 Å². The molecule has 4 fully saturated rings. The summed E-state index contributed by atoms with van der Waals surface area (Å²) in [5, 5.41) is 0. The molecule has 0 spiro atoms. The second-order valence-electron chi connectivity index (χ2n) is 14.5. The summed E-state index contributed by atoms with van der Waals surface area (Å²) >= 11 is 0. The van der Waals surface area contributed by atoms with Crippen LogP contribution in [0.25, 0.3) is 0 Å². The zero-order valence-corrected chi connectivity index (χ0v) is 25.5. The summed E-state index contributed by atoms with van der Waals surface area (Å²) in [7, 11) is 4.01. The van der Waals surface area contributed by atoms with E-state index in [0.717, 1.165) is 61.5 Å². The van der Waals surface area contributed by atoms with Crippen LogP contribution in [0.15, 0.2) is 30.3 Å². The highest BCUT2D eigenvalue weighted by Gasteiger charge is 2.60. The van der Waals surface area contributed by atoms with E-state index in [1.165, 1.54) is 44.9 Å². The van der Waals surface area contributed by atoms with Crippen molar-refractivity contribution in [1.82, 2.24) is 4.90 Å². The number of carbonyl (C=O) groups is 2. The number of hydrogen-bond donors (Lipinski definition) is 0. The molecular formula is C35H53NO4. The lowest BCUT2D eigenvalue weighted by Crippen LogP contribution is -2.54. The summed E-state index contributed by atoms with van der Waals surface area (Å²) in [6, 6.07) is 9.96. The summed E-state index contributed by atoms with van der Waals surface area (Å²) < 4.78 is 11.5. The number of benzene rings is 1. The lowest BCUT2D eigenvalue weighted by atomic mass is 9.44. The van der Waals surface area contributed by atoms with E-state index in [2.05, 4.69) is 13.8 Å². The third kappa shape index (κ3) is 6.30. The summed E-state index contributed by atoms with van der Waals surface area (Å²) in [5.41, 5.74) is 1.88. The second kappa shape index (κ2) is 12.5. The lowest BCUT2D eigenvalue weighted by molar-refractivity contribution is -0.162. The third-order valence-electron chi connectivity index (χ3n) is 12.1. The molecule has 0 aliphatic heterocycles. The number of hydrogen-bond acceptors (Lipinski definition) is 5. The van der Waals surface area contributed by atoms with Crippen LogP contribution in [0.4, 0.5) is 0 Å². The molecule has 40 heavy (non-hydrogen) atoms. The monoisotopic (exact) mass is 551 g/mol. The minimum Gasteiger partial charge on any atom is -0.462 e. The number of esters is 2. The van der Waals surface area contributed by atoms with Gasteiger partial charge in [-0.15, -0.1) is 0 Å². The summed E-state index contributed by atoms with van der Waals surface area (Å²) in [4.78, 5) is 26.9. The van der Waals surface area contributed by atoms with Crippen molar-refractivity contribution in [2.24, 2.45) is 40.4 Å². The highest BCUT2D eigenvalue weighted by molar-refractivity contribution is 5.70. The minimum atomic E-state index is -0.0579. The molecule has 0 N–H and O–H groups in total. The molecule has 8 atom stereocenters. The Balaban J connectivity index is 1.11. The van der Waals surface area contributed by atoms with Crippen LogP contribution < -0.4 is 0 Å². The van der Waals surface area contributed by atoms with Crippen molar-refractivity contribution in [1.29, 1.82) is 0 Å². The third-order valence-corrected chi connectivity index (χ3v) is 12.1. The number of fused-ring (bicyclic) bond motifs is 5. The van der Waals surface area contributed by atoms with E-state index in [9.17, 15) is 9.59 Å². The smallest absolute Gasteiger partial charge is 0.307 e. The molecule has 0 aromatic heterocycles. The summed E-state index contributed by atoms with van der Waals surface area (Å²) in [6.07, 6.45) is 14.6. The van der Waals surface area contributed by atoms with Crippen molar-refractivity contribution in [2.75, 3.05) is 20.6 Å². The van der Waals surface area contributed by atoms with Gasteiger partial charge >= 0.3 is 11.9 Å². The first kappa shape index (κ1) is 29.6. The van der Waals surface area contributed by atoms with Crippen LogP contribution in [0.5, 0.6) is 0 Å². The molecule has 5 rings (SSSR count). The van der Waals surface area contributed by atoms with Crippen LogP contribution >= 0.6 is 0 Å². The standard InChI is InChI=1S/C35H53NO4/c1-34-21-18-31-29(15-13-27-23-28(17-20-35(27,31)2)40-33(38)19-22-36(3)4)30(34)16-14-26(34)11-8-12-32(37)39-24-25-9-6-5-7-10-25/h5-7,9-10,26-31H,8,11-24H2,1-4H3. The van der Waals surface area contributed by atoms with E-state index >= 15 is 0 Å². The van der Waals surface area contributed by atoms with Gasteiger partial charge in [0.25, 0.3) is 0 Å². The van der Waals surface area contributed by atoms with Gasteiger partial charge in [0.15, 0.2) is 0 Å². The maximum absolute atomic E-state index is 12.4. The van der Waals surface area contributed by atoms with Gasteiger partial charge in [0.1, 0.15) is 12.7 Å². The number of nitrogens with zero attached hydrogens (tertiary/aromatic N) is 1. The fraction of sp³-hybridized carbons (Fsp3) is 0.771. The largest absolute Gasteiger partial charge is 0.462 e. The van der Waals surface area contributed by atoms with Gasteiger partial charge in [-0.05, 0) is 131 Å². The zero-order valence-electron chi connectivity index (χ0n) is 25.5. The average Bonchev–Trinajstić information content (AvgIpc) is 3.27. The van der Waals surface area contributed by atoms with E-state index in [1.807, 2.05) is 49.3 Å². The number of carbonyl (C=O) groups excluding carboxylic acids is 2. The first-order valence-electron chi connectivity index (χ1n) is 16.2. The molecular weight excluding hydrogens is 498 g/mol. The molecule has 1 aromatic rings. The summed E-state index contributed by atoms with van der Waals surface area (Å²) in [6.45, 7) is 6.33. The van der Waals surface area contributed by atoms with Crippen molar-refractivity contribution in [3.05, 3.63) is 35.9 Å². The molecule has 0 bridgehead atoms. The van der Waals surface area contributed by atoms with Crippen molar-refractivity contribution in [3.63, 3.8) is 0 Å². The SMILES string of the molecule is CN(C)CCC(=O)OC1CCC2(C)C(CCC3C4CCC(CCCC(=O)OCc5ccccc5)C4(C)CCC32)C1. The topological polar surface area (TPSA) is 55.8 Å². The van der Waals surface area contributed by atoms with Gasteiger partial charge in [0.05, 0.1) is 6.42 Å². The summed E-state index contributed by atoms with van der Waals surface area (Å²) in [5.74, 6) is 3.85. The van der Waals surface area contributed by atoms with E-state index in [-0.39, 0.29) is 18.0 Å². The highest BCUT2D eigenvalue weighted by atomic mass is 16.5. The van der Waals surface area contributed by atoms with Crippen molar-refractivity contribution in [3.8, 4) is 0 Å². The van der Waals surface area contributed by atoms with Gasteiger partial charge in [0.2, 0.25) is 0 Å². The molecule has 8 unspecified atom stereocenters. The number of ether oxygens (including phenoxy) is 2. The normalized spacial score (nSPS) is 36.8. The maximum Gasteiger partial charge on any atom is 0.307 e. The van der Waals surface area contributed by atoms with Crippen molar-refractivity contribution < 1.29 is 19.1 Å². The highest BCUT2D eigenvalue weighted by Crippen LogP contribution is 2.68. The van der Waals surface area contributed by atoms with Crippen LogP contribution in [0.3, 0.4) is 0 Å². The fourth-order valence-corrected chi connectivity index (χ4v) is 9.77. The van der Waals surface area contributed by atoms with E-state index in [4.69, 9.17) is 9.47 Å². The van der Waals surface area contributed by atoms with Crippen molar-refractivity contribution in [2.45, 2.75) is 110 Å². The zero-order chi connectivity index (χ0) is 28.3. The van der Waals surface area contributed by atoms with Crippen LogP contribution in [0.2, 0.25) is 0 Å². The molecule has 0 saturated heterocycles. The molecule has 1 aromatic carbocycles. The Morgan fingerprint density at radius 1 is 0.875 bits per heavy atom. The van der Waals surface area contributed by atoms with Crippen LogP contribution in [-0.4, -0.2) is 43.6 Å². The molecule has 0 heterocycles. The first-order chi connectivity index (χ1) is 19.2. The molecule has 4 saturated carbocycles. The van der Waals surface area contributed by atoms with E-state index < -0.39 is 0 Å². The molecule has 222 valence electrons. The molecule has 0 amide bonds. The minimum absolute atomic E-state index is 0.0223. The molecule has 5 heteroatoms. The van der Waals surface area contributed by atoms with Gasteiger partial charge in [-0.2, -0.15) is 0 Å². The van der Waals surface area contributed by atoms with E-state index in [1.54, 1.807) is 0 Å². The van der Waals surface area contributed by atoms with Gasteiger partial charge in [-0.1, -0.05) is 44.2 Å².